The van der Waals surface area contributed by atoms with Crippen molar-refractivity contribution in [3.05, 3.63) is 82.5 Å². The number of hydrogen-bond donors (Lipinski definition) is 2. The first-order valence-corrected chi connectivity index (χ1v) is 9.05. The molecule has 0 bridgehead atoms. The molecule has 0 spiro atoms. The lowest BCUT2D eigenvalue weighted by Crippen LogP contribution is -2.02. The molecule has 1 heterocycles. The van der Waals surface area contributed by atoms with E-state index in [-0.39, 0.29) is 35.0 Å². The van der Waals surface area contributed by atoms with Gasteiger partial charge in [0.2, 0.25) is 0 Å². The number of ether oxygens (including phenoxy) is 3. The van der Waals surface area contributed by atoms with Crippen molar-refractivity contribution in [1.29, 1.82) is 0 Å². The van der Waals surface area contributed by atoms with E-state index in [4.69, 9.17) is 18.6 Å². The average Bonchev–Trinajstić information content (AvgIpc) is 2.74. The van der Waals surface area contributed by atoms with Crippen LogP contribution in [0.2, 0.25) is 0 Å². The van der Waals surface area contributed by atoms with Crippen LogP contribution >= 0.6 is 0 Å². The van der Waals surface area contributed by atoms with E-state index in [1.807, 2.05) is 24.3 Å². The van der Waals surface area contributed by atoms with E-state index in [1.165, 1.54) is 36.4 Å². The van der Waals surface area contributed by atoms with Crippen molar-refractivity contribution in [2.24, 2.45) is 0 Å². The fraction of sp³-hybridized carbons (Fsp3) is 0.0870. The molecule has 0 amide bonds. The summed E-state index contributed by atoms with van der Waals surface area (Å²) in [5, 5.41) is 19.7. The molecule has 3 aromatic carbocycles. The second-order valence-corrected chi connectivity index (χ2v) is 6.48. The Morgan fingerprint density at radius 1 is 0.867 bits per heavy atom. The average molecular weight is 406 g/mol. The molecule has 0 saturated carbocycles. The van der Waals surface area contributed by atoms with Crippen LogP contribution in [0.4, 0.5) is 0 Å². The van der Waals surface area contributed by atoms with Crippen molar-refractivity contribution in [1.82, 2.24) is 0 Å². The third-order valence-electron chi connectivity index (χ3n) is 4.38. The van der Waals surface area contributed by atoms with Gasteiger partial charge in [-0.3, -0.25) is 4.79 Å². The lowest BCUT2D eigenvalue weighted by atomic mass is 10.2. The number of hydrogen-bond acceptors (Lipinski definition) is 7. The molecule has 1 aromatic heterocycles. The summed E-state index contributed by atoms with van der Waals surface area (Å²) in [6, 6.07) is 17.4. The van der Waals surface area contributed by atoms with Gasteiger partial charge < -0.3 is 28.8 Å². The van der Waals surface area contributed by atoms with Crippen molar-refractivity contribution in [3.63, 3.8) is 0 Å². The standard InChI is InChI=1S/C23H18O7/c1-27-16-6-2-14(3-7-16)13-28-18-10-19(25)23-20(26)12-22(30-21(23)11-18)29-17-8-4-15(24)5-9-17/h2-12,24-25H,13H2,1H3. The number of phenolic OH excluding ortho intramolecular Hbond substituents is 2. The van der Waals surface area contributed by atoms with Gasteiger partial charge in [-0.2, -0.15) is 0 Å². The summed E-state index contributed by atoms with van der Waals surface area (Å²) in [5.74, 6) is 1.25. The second kappa shape index (κ2) is 8.08. The van der Waals surface area contributed by atoms with E-state index in [0.29, 0.717) is 11.5 Å². The maximum absolute atomic E-state index is 12.4. The zero-order chi connectivity index (χ0) is 21.1. The monoisotopic (exact) mass is 406 g/mol. The summed E-state index contributed by atoms with van der Waals surface area (Å²) >= 11 is 0. The molecular weight excluding hydrogens is 388 g/mol. The highest BCUT2D eigenvalue weighted by molar-refractivity contribution is 5.84. The van der Waals surface area contributed by atoms with Crippen LogP contribution in [0.15, 0.2) is 75.9 Å². The van der Waals surface area contributed by atoms with E-state index in [0.717, 1.165) is 17.4 Å². The molecule has 0 unspecified atom stereocenters. The number of rotatable bonds is 6. The molecule has 0 atom stereocenters. The summed E-state index contributed by atoms with van der Waals surface area (Å²) in [5.41, 5.74) is 0.575. The lowest BCUT2D eigenvalue weighted by Gasteiger charge is -2.10. The Balaban J connectivity index is 1.60. The number of phenols is 2. The van der Waals surface area contributed by atoms with Gasteiger partial charge in [0, 0.05) is 12.1 Å². The minimum Gasteiger partial charge on any atom is -0.508 e. The van der Waals surface area contributed by atoms with Crippen LogP contribution in [-0.2, 0) is 6.61 Å². The van der Waals surface area contributed by atoms with Gasteiger partial charge in [0.15, 0.2) is 5.43 Å². The quantitative estimate of drug-likeness (QED) is 0.483. The zero-order valence-electron chi connectivity index (χ0n) is 16.0. The van der Waals surface area contributed by atoms with E-state index in [1.54, 1.807) is 7.11 Å². The minimum atomic E-state index is -0.454. The number of aromatic hydroxyl groups is 2. The molecule has 7 heteroatoms. The topological polar surface area (TPSA) is 98.4 Å². The fourth-order valence-electron chi connectivity index (χ4n) is 2.87. The van der Waals surface area contributed by atoms with Gasteiger partial charge in [-0.15, -0.1) is 0 Å². The van der Waals surface area contributed by atoms with Gasteiger partial charge in [0.05, 0.1) is 13.2 Å². The van der Waals surface area contributed by atoms with Gasteiger partial charge in [-0.05, 0) is 42.0 Å². The first-order valence-electron chi connectivity index (χ1n) is 9.05. The van der Waals surface area contributed by atoms with Crippen LogP contribution < -0.4 is 19.6 Å². The first-order chi connectivity index (χ1) is 14.5. The summed E-state index contributed by atoms with van der Waals surface area (Å²) in [6.45, 7) is 0.253. The van der Waals surface area contributed by atoms with E-state index in [9.17, 15) is 15.0 Å². The van der Waals surface area contributed by atoms with Gasteiger partial charge >= 0.3 is 0 Å². The predicted molar refractivity (Wildman–Crippen MR) is 110 cm³/mol. The zero-order valence-corrected chi connectivity index (χ0v) is 16.0. The molecule has 0 aliphatic heterocycles. The normalized spacial score (nSPS) is 10.7. The molecule has 0 fully saturated rings. The SMILES string of the molecule is COc1ccc(COc2cc(O)c3c(=O)cc(Oc4ccc(O)cc4)oc3c2)cc1. The maximum atomic E-state index is 12.4. The van der Waals surface area contributed by atoms with Crippen LogP contribution in [0.3, 0.4) is 0 Å². The van der Waals surface area contributed by atoms with Crippen LogP contribution in [0.25, 0.3) is 11.0 Å². The van der Waals surface area contributed by atoms with E-state index in [2.05, 4.69) is 0 Å². The number of methoxy groups -OCH3 is 1. The third-order valence-corrected chi connectivity index (χ3v) is 4.38. The Bertz CT molecular complexity index is 1230. The highest BCUT2D eigenvalue weighted by Crippen LogP contribution is 2.32. The Morgan fingerprint density at radius 2 is 1.57 bits per heavy atom. The summed E-state index contributed by atoms with van der Waals surface area (Å²) in [4.78, 5) is 12.4. The third kappa shape index (κ3) is 4.15. The van der Waals surface area contributed by atoms with E-state index >= 15 is 0 Å². The number of fused-ring (bicyclic) bond motifs is 1. The Morgan fingerprint density at radius 3 is 2.27 bits per heavy atom. The lowest BCUT2D eigenvalue weighted by molar-refractivity contribution is 0.303. The van der Waals surface area contributed by atoms with Crippen LogP contribution in [0, 0.1) is 0 Å². The molecule has 4 aromatic rings. The second-order valence-electron chi connectivity index (χ2n) is 6.48. The van der Waals surface area contributed by atoms with Crippen molar-refractivity contribution in [3.8, 4) is 34.7 Å². The molecule has 152 valence electrons. The fourth-order valence-corrected chi connectivity index (χ4v) is 2.87. The summed E-state index contributed by atoms with van der Waals surface area (Å²) in [6.07, 6.45) is 0. The molecule has 0 aliphatic carbocycles. The molecule has 7 nitrogen and oxygen atoms in total. The Labute approximate surface area is 171 Å². The van der Waals surface area contributed by atoms with Crippen molar-refractivity contribution in [2.45, 2.75) is 6.61 Å². The molecule has 0 radical (unpaired) electrons. The molecular formula is C23H18O7. The minimum absolute atomic E-state index is 0.0323. The van der Waals surface area contributed by atoms with Gasteiger partial charge in [0.1, 0.15) is 46.3 Å². The molecule has 2 N–H and O–H groups in total. The molecule has 0 saturated heterocycles. The maximum Gasteiger partial charge on any atom is 0.294 e. The Kier molecular flexibility index (Phi) is 5.17. The van der Waals surface area contributed by atoms with Crippen LogP contribution in [-0.4, -0.2) is 17.3 Å². The van der Waals surface area contributed by atoms with Gasteiger partial charge in [-0.1, -0.05) is 12.1 Å². The van der Waals surface area contributed by atoms with Crippen molar-refractivity contribution < 1.29 is 28.8 Å². The van der Waals surface area contributed by atoms with E-state index < -0.39 is 5.43 Å². The van der Waals surface area contributed by atoms with Gasteiger partial charge in [0.25, 0.3) is 5.95 Å². The van der Waals surface area contributed by atoms with Crippen LogP contribution in [0.5, 0.6) is 34.7 Å². The summed E-state index contributed by atoms with van der Waals surface area (Å²) < 4.78 is 22.0. The summed E-state index contributed by atoms with van der Waals surface area (Å²) in [7, 11) is 1.59. The molecule has 0 aliphatic rings. The van der Waals surface area contributed by atoms with Crippen molar-refractivity contribution in [2.75, 3.05) is 7.11 Å². The largest absolute Gasteiger partial charge is 0.508 e. The van der Waals surface area contributed by atoms with Crippen LogP contribution in [0.1, 0.15) is 5.56 Å². The highest BCUT2D eigenvalue weighted by Gasteiger charge is 2.13. The molecule has 30 heavy (non-hydrogen) atoms. The predicted octanol–water partition coefficient (Wildman–Crippen LogP) is 4.58. The van der Waals surface area contributed by atoms with Crippen molar-refractivity contribution >= 4 is 11.0 Å². The van der Waals surface area contributed by atoms with Gasteiger partial charge in [-0.25, -0.2) is 0 Å². The number of benzene rings is 3. The smallest absolute Gasteiger partial charge is 0.294 e. The molecule has 4 rings (SSSR count). The first kappa shape index (κ1) is 19.2. The highest BCUT2D eigenvalue weighted by atomic mass is 16.6. The Hall–Kier alpha value is -4.13.